The average Bonchev–Trinajstić information content (AvgIpc) is 1.61. The Morgan fingerprint density at radius 3 is 1.55 bits per heavy atom. The van der Waals surface area contributed by atoms with Crippen molar-refractivity contribution in [3.05, 3.63) is 6.92 Å². The van der Waals surface area contributed by atoms with Crippen LogP contribution in [0.25, 0.3) is 0 Å². The van der Waals surface area contributed by atoms with E-state index in [-0.39, 0.29) is 36.0 Å². The van der Waals surface area contributed by atoms with E-state index in [0.717, 1.165) is 0 Å². The molecule has 0 aromatic carbocycles. The summed E-state index contributed by atoms with van der Waals surface area (Å²) in [6.07, 6.45) is -1.06. The second-order valence-electron chi connectivity index (χ2n) is 1.28. The number of aliphatic hydroxyl groups is 2. The molecule has 0 aromatic rings. The molecule has 0 aliphatic heterocycles. The Bertz CT molecular complexity index is 147. The molecule has 0 aromatic heterocycles. The van der Waals surface area contributed by atoms with Gasteiger partial charge in [-0.25, -0.2) is 5.14 Å². The Kier molecular flexibility index (Phi) is 14.3. The van der Waals surface area contributed by atoms with Gasteiger partial charge in [0.15, 0.2) is 0 Å². The van der Waals surface area contributed by atoms with E-state index in [9.17, 15) is 0 Å². The van der Waals surface area contributed by atoms with Crippen LogP contribution in [0.1, 0.15) is 6.42 Å². The number of hydrogen-bond donors (Lipinski definition) is 4. The summed E-state index contributed by atoms with van der Waals surface area (Å²) in [4.78, 5) is 0. The van der Waals surface area contributed by atoms with Crippen molar-refractivity contribution in [2.45, 2.75) is 12.7 Å². The molecule has 0 fully saturated rings. The fourth-order valence-corrected chi connectivity index (χ4v) is 0. The van der Waals surface area contributed by atoms with E-state index in [1.807, 2.05) is 0 Å². The predicted molar refractivity (Wildman–Crippen MR) is 33.9 cm³/mol. The van der Waals surface area contributed by atoms with E-state index in [1.54, 1.807) is 0 Å². The van der Waals surface area contributed by atoms with Crippen molar-refractivity contribution in [3.8, 4) is 0 Å². The summed E-state index contributed by atoms with van der Waals surface area (Å²) < 4.78 is 25.2. The molecule has 6 nitrogen and oxygen atoms in total. The summed E-state index contributed by atoms with van der Waals surface area (Å²) in [5, 5.41) is 19.6. The van der Waals surface area contributed by atoms with E-state index in [2.05, 4.69) is 12.1 Å². The predicted octanol–water partition coefficient (Wildman–Crippen LogP) is -4.73. The summed E-state index contributed by atoms with van der Waals surface area (Å²) in [7, 11) is -4.17. The first-order valence-electron chi connectivity index (χ1n) is 2.18. The van der Waals surface area contributed by atoms with Gasteiger partial charge >= 0.3 is 39.9 Å². The van der Waals surface area contributed by atoms with E-state index in [1.165, 1.54) is 0 Å². The molecule has 0 atom stereocenters. The van der Waals surface area contributed by atoms with Gasteiger partial charge in [-0.3, -0.25) is 4.55 Å². The zero-order chi connectivity index (χ0) is 8.78. The van der Waals surface area contributed by atoms with Crippen LogP contribution in [-0.4, -0.2) is 29.5 Å². The zero-order valence-electron chi connectivity index (χ0n) is 6.14. The zero-order valence-corrected chi connectivity index (χ0v) is 8.95. The Labute approximate surface area is 87.6 Å². The van der Waals surface area contributed by atoms with Crippen LogP contribution in [0.4, 0.5) is 0 Å². The van der Waals surface area contributed by atoms with Gasteiger partial charge < -0.3 is 17.1 Å². The van der Waals surface area contributed by atoms with Crippen LogP contribution in [0.3, 0.4) is 0 Å². The van der Waals surface area contributed by atoms with Crippen molar-refractivity contribution in [1.29, 1.82) is 0 Å². The third-order valence-corrected chi connectivity index (χ3v) is 0.258. The van der Waals surface area contributed by atoms with Gasteiger partial charge in [0, 0.05) is 0 Å². The fraction of sp³-hybridized carbons (Fsp3) is 0.667. The molecule has 0 spiro atoms. The van der Waals surface area contributed by atoms with E-state index in [4.69, 9.17) is 23.2 Å². The molecule has 0 radical (unpaired) electrons. The molecular weight excluding hydrogens is 185 g/mol. The number of rotatable bonds is 1. The third kappa shape index (κ3) is 107. The van der Waals surface area contributed by atoms with Crippen LogP contribution >= 0.6 is 0 Å². The molecule has 5 N–H and O–H groups in total. The second kappa shape index (κ2) is 8.88. The Balaban J connectivity index is -0.000000107. The van der Waals surface area contributed by atoms with Crippen LogP contribution in [-0.2, 0) is 10.3 Å². The molecule has 0 saturated heterocycles. The monoisotopic (exact) mass is 195 g/mol. The molecular formula is C3H10NNaO5S. The van der Waals surface area contributed by atoms with E-state index < -0.39 is 16.6 Å². The van der Waals surface area contributed by atoms with Crippen LogP contribution in [0, 0.1) is 6.92 Å². The summed E-state index contributed by atoms with van der Waals surface area (Å²) >= 11 is 0. The Morgan fingerprint density at radius 2 is 1.55 bits per heavy atom. The molecule has 0 unspecified atom stereocenters. The maximum Gasteiger partial charge on any atom is 1.00 e. The molecule has 0 heterocycles. The van der Waals surface area contributed by atoms with Crippen LogP contribution in [0.5, 0.6) is 0 Å². The first-order chi connectivity index (χ1) is 4.27. The van der Waals surface area contributed by atoms with Gasteiger partial charge in [-0.15, -0.1) is 6.42 Å². The number of nitrogens with two attached hydrogens (primary N) is 1. The van der Waals surface area contributed by atoms with Gasteiger partial charge in [0.25, 0.3) is 0 Å². The standard InChI is InChI=1S/C3H7O2.H3NO3S.Na/c1-2-3(4)5;1-5(2,3)4;/h3-5H,1-2H2;(H3,1,2,3,4);/q-1;;+1. The Morgan fingerprint density at radius 1 is 1.45 bits per heavy atom. The molecule has 0 rings (SSSR count). The smallest absolute Gasteiger partial charge is 0.371 e. The topological polar surface area (TPSA) is 121 Å². The van der Waals surface area contributed by atoms with Crippen molar-refractivity contribution in [2.75, 3.05) is 0 Å². The maximum absolute atomic E-state index is 8.97. The van der Waals surface area contributed by atoms with E-state index in [0.29, 0.717) is 0 Å². The van der Waals surface area contributed by atoms with Gasteiger partial charge in [0.05, 0.1) is 0 Å². The molecule has 64 valence electrons. The Hall–Kier alpha value is 0.790. The molecule has 0 aliphatic rings. The molecule has 11 heavy (non-hydrogen) atoms. The van der Waals surface area contributed by atoms with Gasteiger partial charge in [-0.1, -0.05) is 0 Å². The van der Waals surface area contributed by atoms with Crippen LogP contribution in [0.15, 0.2) is 0 Å². The second-order valence-corrected chi connectivity index (χ2v) is 2.31. The third-order valence-electron chi connectivity index (χ3n) is 0.258. The van der Waals surface area contributed by atoms with Crippen molar-refractivity contribution in [1.82, 2.24) is 0 Å². The number of aliphatic hydroxyl groups excluding tert-OH is 1. The van der Waals surface area contributed by atoms with Gasteiger partial charge in [0.2, 0.25) is 0 Å². The summed E-state index contributed by atoms with van der Waals surface area (Å²) in [6.45, 7) is 3.19. The van der Waals surface area contributed by atoms with Crippen molar-refractivity contribution in [3.63, 3.8) is 0 Å². The molecule has 0 amide bonds. The minimum atomic E-state index is -4.17. The van der Waals surface area contributed by atoms with Crippen LogP contribution < -0.4 is 34.7 Å². The summed E-state index contributed by atoms with van der Waals surface area (Å²) in [6, 6.07) is 0. The summed E-state index contributed by atoms with van der Waals surface area (Å²) in [5.41, 5.74) is 0. The SMILES string of the molecule is NS(=O)(=O)O.[CH2-]CC(O)O.[Na+]. The first-order valence-corrected chi connectivity index (χ1v) is 3.68. The quantitative estimate of drug-likeness (QED) is 0.145. The molecule has 8 heteroatoms. The molecule has 0 saturated carbocycles. The fourth-order valence-electron chi connectivity index (χ4n) is 0. The maximum atomic E-state index is 8.97. The molecule has 0 bridgehead atoms. The largest absolute Gasteiger partial charge is 1.00 e. The van der Waals surface area contributed by atoms with Crippen molar-refractivity contribution in [2.24, 2.45) is 5.14 Å². The van der Waals surface area contributed by atoms with E-state index >= 15 is 0 Å². The normalized spacial score (nSPS) is 9.64. The first kappa shape index (κ1) is 17.8. The van der Waals surface area contributed by atoms with Gasteiger partial charge in [-0.05, 0) is 0 Å². The average molecular weight is 195 g/mol. The van der Waals surface area contributed by atoms with Crippen molar-refractivity contribution < 1.29 is 52.7 Å². The minimum absolute atomic E-state index is 0. The van der Waals surface area contributed by atoms with Gasteiger partial charge in [0.1, 0.15) is 6.29 Å². The van der Waals surface area contributed by atoms with Crippen LogP contribution in [0.2, 0.25) is 0 Å². The van der Waals surface area contributed by atoms with Gasteiger partial charge in [-0.2, -0.15) is 8.42 Å². The minimum Gasteiger partial charge on any atom is -0.371 e. The van der Waals surface area contributed by atoms with Crippen molar-refractivity contribution >= 4 is 10.3 Å². The molecule has 0 aliphatic carbocycles. The summed E-state index contributed by atoms with van der Waals surface area (Å²) in [5.74, 6) is 0. The number of hydrogen-bond acceptors (Lipinski definition) is 4.